The van der Waals surface area contributed by atoms with Gasteiger partial charge in [0.05, 0.1) is 18.2 Å². The molecule has 9 nitrogen and oxygen atoms in total. The molecule has 0 saturated carbocycles. The summed E-state index contributed by atoms with van der Waals surface area (Å²) >= 11 is 0. The highest BCUT2D eigenvalue weighted by molar-refractivity contribution is 5.96. The molecular weight excluding hydrogens is 478 g/mol. The predicted molar refractivity (Wildman–Crippen MR) is 133 cm³/mol. The zero-order valence-electron chi connectivity index (χ0n) is 20.6. The molecular formula is C28H27NO8. The van der Waals surface area contributed by atoms with Crippen molar-refractivity contribution in [3.05, 3.63) is 101 Å². The van der Waals surface area contributed by atoms with Gasteiger partial charge in [-0.2, -0.15) is 0 Å². The van der Waals surface area contributed by atoms with Gasteiger partial charge in [-0.3, -0.25) is 4.79 Å². The Kier molecular flexibility index (Phi) is 8.99. The molecule has 3 aromatic carbocycles. The number of methoxy groups -OCH3 is 1. The fourth-order valence-corrected chi connectivity index (χ4v) is 3.37. The Morgan fingerprint density at radius 2 is 1.24 bits per heavy atom. The maximum atomic E-state index is 13.2. The first-order chi connectivity index (χ1) is 17.7. The molecule has 9 heteroatoms. The van der Waals surface area contributed by atoms with E-state index in [1.165, 1.54) is 31.4 Å². The van der Waals surface area contributed by atoms with Crippen LogP contribution in [-0.2, 0) is 25.6 Å². The van der Waals surface area contributed by atoms with Crippen molar-refractivity contribution >= 4 is 23.8 Å². The monoisotopic (exact) mass is 505 g/mol. The number of hydrogen-bond donors (Lipinski definition) is 2. The summed E-state index contributed by atoms with van der Waals surface area (Å²) in [5.41, 5.74) is 2.55. The van der Waals surface area contributed by atoms with E-state index in [0.717, 1.165) is 11.1 Å². The third kappa shape index (κ3) is 7.17. The maximum absolute atomic E-state index is 13.2. The summed E-state index contributed by atoms with van der Waals surface area (Å²) in [6.45, 7) is 3.59. The molecule has 0 unspecified atom stereocenters. The number of ether oxygens (including phenoxy) is 3. The van der Waals surface area contributed by atoms with Gasteiger partial charge in [0.25, 0.3) is 5.91 Å². The van der Waals surface area contributed by atoms with Gasteiger partial charge in [0.2, 0.25) is 12.2 Å². The normalized spacial score (nSPS) is 12.1. The Bertz CT molecular complexity index is 1270. The van der Waals surface area contributed by atoms with E-state index in [1.807, 2.05) is 13.8 Å². The van der Waals surface area contributed by atoms with Crippen LogP contribution in [0.1, 0.15) is 37.4 Å². The van der Waals surface area contributed by atoms with Gasteiger partial charge < -0.3 is 24.6 Å². The number of hydrogen-bond acceptors (Lipinski definition) is 7. The van der Waals surface area contributed by atoms with Gasteiger partial charge in [-0.15, -0.1) is 0 Å². The molecule has 0 fully saturated rings. The number of carbonyl (C=O) groups excluding carboxylic acids is 3. The lowest BCUT2D eigenvalue weighted by atomic mass is 10.1. The molecule has 1 amide bonds. The minimum absolute atomic E-state index is 0.0559. The minimum atomic E-state index is -2.11. The zero-order chi connectivity index (χ0) is 26.9. The molecule has 0 aliphatic rings. The van der Waals surface area contributed by atoms with Gasteiger partial charge in [0.15, 0.2) is 0 Å². The smallest absolute Gasteiger partial charge is 0.349 e. The number of aliphatic carboxylic acids is 1. The van der Waals surface area contributed by atoms with E-state index in [1.54, 1.807) is 48.5 Å². The molecule has 0 heterocycles. The molecule has 0 bridgehead atoms. The topological polar surface area (TPSA) is 128 Å². The van der Waals surface area contributed by atoms with E-state index in [-0.39, 0.29) is 17.7 Å². The van der Waals surface area contributed by atoms with Crippen molar-refractivity contribution < 1.29 is 38.5 Å². The van der Waals surface area contributed by atoms with Gasteiger partial charge in [0, 0.05) is 12.1 Å². The molecule has 0 aliphatic carbocycles. The lowest BCUT2D eigenvalue weighted by molar-refractivity contribution is -0.159. The van der Waals surface area contributed by atoms with Gasteiger partial charge in [-0.25, -0.2) is 14.4 Å². The second-order valence-corrected chi connectivity index (χ2v) is 8.25. The average Bonchev–Trinajstić information content (AvgIpc) is 2.89. The number of rotatable bonds is 10. The number of esters is 2. The van der Waals surface area contributed by atoms with Crippen LogP contribution in [0, 0.1) is 13.8 Å². The van der Waals surface area contributed by atoms with E-state index >= 15 is 0 Å². The van der Waals surface area contributed by atoms with Crippen LogP contribution in [0.15, 0.2) is 72.8 Å². The fraction of sp³-hybridized carbons (Fsp3) is 0.214. The van der Waals surface area contributed by atoms with Crippen molar-refractivity contribution in [1.29, 1.82) is 0 Å². The molecule has 0 spiro atoms. The van der Waals surface area contributed by atoms with E-state index < -0.39 is 36.0 Å². The van der Waals surface area contributed by atoms with Crippen molar-refractivity contribution in [2.24, 2.45) is 0 Å². The highest BCUT2D eigenvalue weighted by Crippen LogP contribution is 2.18. The zero-order valence-corrected chi connectivity index (χ0v) is 20.6. The van der Waals surface area contributed by atoms with Crippen LogP contribution < -0.4 is 10.1 Å². The van der Waals surface area contributed by atoms with Crippen LogP contribution in [0.25, 0.3) is 0 Å². The number of carboxylic acids is 1. The van der Waals surface area contributed by atoms with Crippen LogP contribution in [0.5, 0.6) is 5.75 Å². The number of benzene rings is 3. The van der Waals surface area contributed by atoms with Crippen LogP contribution in [-0.4, -0.2) is 48.2 Å². The van der Waals surface area contributed by atoms with Gasteiger partial charge >= 0.3 is 17.9 Å². The Labute approximate surface area is 214 Å². The Balaban J connectivity index is 1.87. The van der Waals surface area contributed by atoms with Gasteiger partial charge in [-0.05, 0) is 44.2 Å². The molecule has 0 radical (unpaired) electrons. The van der Waals surface area contributed by atoms with E-state index in [4.69, 9.17) is 14.2 Å². The summed E-state index contributed by atoms with van der Waals surface area (Å²) in [6, 6.07) is 19.4. The predicted octanol–water partition coefficient (Wildman–Crippen LogP) is 3.46. The highest BCUT2D eigenvalue weighted by atomic mass is 16.6. The van der Waals surface area contributed by atoms with E-state index in [9.17, 15) is 24.3 Å². The number of nitrogens with one attached hydrogen (secondary N) is 1. The molecule has 3 aromatic rings. The number of para-hydroxylation sites is 1. The van der Waals surface area contributed by atoms with Crippen LogP contribution in [0.3, 0.4) is 0 Å². The Hall–Kier alpha value is -4.66. The molecule has 37 heavy (non-hydrogen) atoms. The first-order valence-electron chi connectivity index (χ1n) is 11.4. The summed E-state index contributed by atoms with van der Waals surface area (Å²) in [4.78, 5) is 50.8. The number of amides is 1. The lowest BCUT2D eigenvalue weighted by Gasteiger charge is -2.24. The molecule has 2 N–H and O–H groups in total. The number of aryl methyl sites for hydroxylation is 2. The van der Waals surface area contributed by atoms with Crippen molar-refractivity contribution in [1.82, 2.24) is 5.32 Å². The standard InChI is InChI=1S/C28H27NO8/c1-17-8-12-19(13-9-17)27(33)36-23(25(30)29-16-21-6-4-5-7-22(21)35-3)24(26(31)32)37-28(34)20-14-10-18(2)11-15-20/h4-15,23-24H,16H2,1-3H3,(H,29,30)(H,31,32)/t23-,24+/m1/s1. The quantitative estimate of drug-likeness (QED) is 0.401. The summed E-state index contributed by atoms with van der Waals surface area (Å²) < 4.78 is 15.8. The summed E-state index contributed by atoms with van der Waals surface area (Å²) in [5.74, 6) is -4.06. The molecule has 192 valence electrons. The second kappa shape index (κ2) is 12.3. The molecule has 0 aromatic heterocycles. The van der Waals surface area contributed by atoms with Crippen LogP contribution in [0.4, 0.5) is 0 Å². The molecule has 3 rings (SSSR count). The first kappa shape index (κ1) is 26.9. The number of carboxylic acid groups (broad SMARTS) is 1. The molecule has 0 aliphatic heterocycles. The Morgan fingerprint density at radius 3 is 1.73 bits per heavy atom. The van der Waals surface area contributed by atoms with Crippen molar-refractivity contribution in [2.75, 3.05) is 7.11 Å². The Morgan fingerprint density at radius 1 is 0.757 bits per heavy atom. The lowest BCUT2D eigenvalue weighted by Crippen LogP contribution is -2.50. The third-order valence-corrected chi connectivity index (χ3v) is 5.46. The average molecular weight is 506 g/mol. The van der Waals surface area contributed by atoms with Crippen LogP contribution in [0.2, 0.25) is 0 Å². The van der Waals surface area contributed by atoms with Gasteiger partial charge in [0.1, 0.15) is 5.75 Å². The SMILES string of the molecule is COc1ccccc1CNC(=O)[C@H](OC(=O)c1ccc(C)cc1)[C@H](OC(=O)c1ccc(C)cc1)C(=O)O. The van der Waals surface area contributed by atoms with Crippen molar-refractivity contribution in [2.45, 2.75) is 32.6 Å². The first-order valence-corrected chi connectivity index (χ1v) is 11.4. The minimum Gasteiger partial charge on any atom is -0.496 e. The van der Waals surface area contributed by atoms with Crippen LogP contribution >= 0.6 is 0 Å². The number of carbonyl (C=O) groups is 4. The van der Waals surface area contributed by atoms with E-state index in [2.05, 4.69) is 5.32 Å². The molecule has 0 saturated heterocycles. The maximum Gasteiger partial charge on any atom is 0.349 e. The van der Waals surface area contributed by atoms with E-state index in [0.29, 0.717) is 11.3 Å². The third-order valence-electron chi connectivity index (χ3n) is 5.46. The fourth-order valence-electron chi connectivity index (χ4n) is 3.37. The summed E-state index contributed by atoms with van der Waals surface area (Å²) in [6.07, 6.45) is -4.09. The van der Waals surface area contributed by atoms with Crippen molar-refractivity contribution in [3.63, 3.8) is 0 Å². The summed E-state index contributed by atoms with van der Waals surface area (Å²) in [7, 11) is 1.47. The molecule has 2 atom stereocenters. The van der Waals surface area contributed by atoms with Crippen molar-refractivity contribution in [3.8, 4) is 5.75 Å². The summed E-state index contributed by atoms with van der Waals surface area (Å²) in [5, 5.41) is 12.4. The highest BCUT2D eigenvalue weighted by Gasteiger charge is 2.41. The van der Waals surface area contributed by atoms with Gasteiger partial charge in [-0.1, -0.05) is 53.6 Å². The second-order valence-electron chi connectivity index (χ2n) is 8.25. The largest absolute Gasteiger partial charge is 0.496 e.